The number of para-hydroxylation sites is 1. The molecule has 7 heteroatoms. The van der Waals surface area contributed by atoms with Gasteiger partial charge in [0, 0.05) is 36.2 Å². The molecule has 1 N–H and O–H groups in total. The average Bonchev–Trinajstić information content (AvgIpc) is 3.16. The number of hydrogen-bond donors (Lipinski definition) is 1. The normalized spacial score (nSPS) is 10.3. The van der Waals surface area contributed by atoms with Crippen molar-refractivity contribution in [2.24, 2.45) is 0 Å². The molecular formula is C19H17N3O3S. The van der Waals surface area contributed by atoms with Crippen LogP contribution < -0.4 is 5.32 Å². The number of thiazole rings is 1. The van der Waals surface area contributed by atoms with Gasteiger partial charge >= 0.3 is 5.97 Å². The third kappa shape index (κ3) is 4.31. The topological polar surface area (TPSA) is 81.2 Å². The highest BCUT2D eigenvalue weighted by atomic mass is 32.1. The Labute approximate surface area is 154 Å². The summed E-state index contributed by atoms with van der Waals surface area (Å²) in [6.45, 7) is 0. The number of pyridine rings is 1. The maximum atomic E-state index is 12.2. The molecule has 2 aromatic heterocycles. The lowest BCUT2D eigenvalue weighted by molar-refractivity contribution is -0.116. The minimum atomic E-state index is -0.484. The van der Waals surface area contributed by atoms with Gasteiger partial charge in [-0.15, -0.1) is 11.3 Å². The van der Waals surface area contributed by atoms with Gasteiger partial charge in [0.15, 0.2) is 0 Å². The van der Waals surface area contributed by atoms with Crippen LogP contribution in [0.1, 0.15) is 21.8 Å². The summed E-state index contributed by atoms with van der Waals surface area (Å²) in [6, 6.07) is 10.6. The molecule has 0 bridgehead atoms. The quantitative estimate of drug-likeness (QED) is 0.674. The van der Waals surface area contributed by atoms with Crippen LogP contribution in [0.2, 0.25) is 0 Å². The van der Waals surface area contributed by atoms with Gasteiger partial charge in [-0.3, -0.25) is 9.78 Å². The molecule has 0 aliphatic carbocycles. The highest BCUT2D eigenvalue weighted by molar-refractivity contribution is 7.09. The van der Waals surface area contributed by atoms with Gasteiger partial charge in [-0.25, -0.2) is 9.78 Å². The predicted molar refractivity (Wildman–Crippen MR) is 100 cm³/mol. The van der Waals surface area contributed by atoms with Crippen LogP contribution >= 0.6 is 11.3 Å². The van der Waals surface area contributed by atoms with Gasteiger partial charge in [0.1, 0.15) is 0 Å². The molecule has 1 aromatic carbocycles. The number of aromatic nitrogens is 2. The van der Waals surface area contributed by atoms with Crippen molar-refractivity contribution >= 4 is 28.9 Å². The molecule has 0 unspecified atom stereocenters. The number of methoxy groups -OCH3 is 1. The number of anilines is 1. The summed E-state index contributed by atoms with van der Waals surface area (Å²) >= 11 is 1.52. The lowest BCUT2D eigenvalue weighted by Crippen LogP contribution is -2.15. The lowest BCUT2D eigenvalue weighted by Gasteiger charge is -2.09. The molecule has 0 spiro atoms. The number of carbonyl (C=O) groups is 2. The SMILES string of the molecule is COC(=O)c1ccccc1NC(=O)CCc1nc(-c2ccncc2)cs1. The van der Waals surface area contributed by atoms with Crippen LogP contribution in [-0.2, 0) is 16.0 Å². The highest BCUT2D eigenvalue weighted by Gasteiger charge is 2.14. The summed E-state index contributed by atoms with van der Waals surface area (Å²) < 4.78 is 4.73. The van der Waals surface area contributed by atoms with Crippen molar-refractivity contribution in [3.8, 4) is 11.3 Å². The van der Waals surface area contributed by atoms with Gasteiger partial charge in [0.25, 0.3) is 0 Å². The van der Waals surface area contributed by atoms with Gasteiger partial charge in [0.2, 0.25) is 5.91 Å². The molecule has 0 saturated heterocycles. The molecular weight excluding hydrogens is 350 g/mol. The first-order chi connectivity index (χ1) is 12.7. The van der Waals surface area contributed by atoms with Gasteiger partial charge in [0.05, 0.1) is 29.1 Å². The van der Waals surface area contributed by atoms with Gasteiger partial charge in [-0.05, 0) is 24.3 Å². The van der Waals surface area contributed by atoms with Crippen molar-refractivity contribution in [1.29, 1.82) is 0 Å². The van der Waals surface area contributed by atoms with Crippen LogP contribution in [0.3, 0.4) is 0 Å². The van der Waals surface area contributed by atoms with Crippen LogP contribution in [0.15, 0.2) is 54.2 Å². The number of hydrogen-bond acceptors (Lipinski definition) is 6. The highest BCUT2D eigenvalue weighted by Crippen LogP contribution is 2.22. The number of esters is 1. The van der Waals surface area contributed by atoms with Gasteiger partial charge in [-0.2, -0.15) is 0 Å². The first-order valence-electron chi connectivity index (χ1n) is 7.99. The zero-order valence-electron chi connectivity index (χ0n) is 14.1. The van der Waals surface area contributed by atoms with Crippen LogP contribution in [0.4, 0.5) is 5.69 Å². The number of aryl methyl sites for hydroxylation is 1. The predicted octanol–water partition coefficient (Wildman–Crippen LogP) is 3.56. The van der Waals surface area contributed by atoms with Crippen molar-refractivity contribution in [3.05, 3.63) is 64.7 Å². The molecule has 0 radical (unpaired) electrons. The third-order valence-electron chi connectivity index (χ3n) is 3.70. The molecule has 1 amide bonds. The Kier molecular flexibility index (Phi) is 5.70. The zero-order valence-corrected chi connectivity index (χ0v) is 15.0. The fourth-order valence-electron chi connectivity index (χ4n) is 2.39. The molecule has 3 rings (SSSR count). The smallest absolute Gasteiger partial charge is 0.339 e. The number of rotatable bonds is 6. The monoisotopic (exact) mass is 367 g/mol. The second kappa shape index (κ2) is 8.35. The number of nitrogens with one attached hydrogen (secondary N) is 1. The zero-order chi connectivity index (χ0) is 18.4. The Morgan fingerprint density at radius 3 is 2.69 bits per heavy atom. The summed E-state index contributed by atoms with van der Waals surface area (Å²) in [7, 11) is 1.31. The van der Waals surface area contributed by atoms with E-state index in [9.17, 15) is 9.59 Å². The first kappa shape index (κ1) is 17.8. The summed E-state index contributed by atoms with van der Waals surface area (Å²) in [5.41, 5.74) is 2.65. The standard InChI is InChI=1S/C19H17N3O3S/c1-25-19(24)14-4-2-3-5-15(14)21-17(23)6-7-18-22-16(12-26-18)13-8-10-20-11-9-13/h2-5,8-12H,6-7H2,1H3,(H,21,23). The van der Waals surface area contributed by atoms with E-state index in [-0.39, 0.29) is 12.3 Å². The average molecular weight is 367 g/mol. The first-order valence-corrected chi connectivity index (χ1v) is 8.87. The molecule has 6 nitrogen and oxygen atoms in total. The van der Waals surface area contributed by atoms with Crippen molar-refractivity contribution in [3.63, 3.8) is 0 Å². The molecule has 0 atom stereocenters. The third-order valence-corrected chi connectivity index (χ3v) is 4.61. The van der Waals surface area contributed by atoms with E-state index in [0.29, 0.717) is 17.7 Å². The van der Waals surface area contributed by atoms with Crippen LogP contribution in [0.25, 0.3) is 11.3 Å². The van der Waals surface area contributed by atoms with Crippen LogP contribution in [-0.4, -0.2) is 29.0 Å². The Hall–Kier alpha value is -3.06. The summed E-state index contributed by atoms with van der Waals surface area (Å²) in [4.78, 5) is 32.5. The lowest BCUT2D eigenvalue weighted by atomic mass is 10.1. The van der Waals surface area contributed by atoms with Gasteiger partial charge < -0.3 is 10.1 Å². The summed E-state index contributed by atoms with van der Waals surface area (Å²) in [5, 5.41) is 5.61. The Morgan fingerprint density at radius 1 is 1.15 bits per heavy atom. The molecule has 26 heavy (non-hydrogen) atoms. The molecule has 132 valence electrons. The Bertz CT molecular complexity index is 909. The largest absolute Gasteiger partial charge is 0.465 e. The summed E-state index contributed by atoms with van der Waals surface area (Å²) in [5.74, 6) is -0.662. The van der Waals surface area contributed by atoms with E-state index in [4.69, 9.17) is 4.74 Å². The number of amides is 1. The van der Waals surface area contributed by atoms with E-state index < -0.39 is 5.97 Å². The van der Waals surface area contributed by atoms with E-state index >= 15 is 0 Å². The Balaban J connectivity index is 1.60. The molecule has 0 aliphatic heterocycles. The fourth-order valence-corrected chi connectivity index (χ4v) is 3.20. The number of benzene rings is 1. The maximum Gasteiger partial charge on any atom is 0.339 e. The van der Waals surface area contributed by atoms with E-state index in [1.165, 1.54) is 18.4 Å². The van der Waals surface area contributed by atoms with E-state index in [1.807, 2.05) is 17.5 Å². The second-order valence-electron chi connectivity index (χ2n) is 5.45. The fraction of sp³-hybridized carbons (Fsp3) is 0.158. The van der Waals surface area contributed by atoms with Crippen molar-refractivity contribution in [2.45, 2.75) is 12.8 Å². The minimum Gasteiger partial charge on any atom is -0.465 e. The van der Waals surface area contributed by atoms with Crippen molar-refractivity contribution in [1.82, 2.24) is 9.97 Å². The molecule has 3 aromatic rings. The van der Waals surface area contributed by atoms with Crippen molar-refractivity contribution in [2.75, 3.05) is 12.4 Å². The number of ether oxygens (including phenoxy) is 1. The van der Waals surface area contributed by atoms with E-state index in [0.717, 1.165) is 16.3 Å². The molecule has 0 fully saturated rings. The number of nitrogens with zero attached hydrogens (tertiary/aromatic N) is 2. The molecule has 0 saturated carbocycles. The summed E-state index contributed by atoms with van der Waals surface area (Å²) in [6.07, 6.45) is 4.25. The molecule has 0 aliphatic rings. The van der Waals surface area contributed by atoms with Crippen LogP contribution in [0, 0.1) is 0 Å². The van der Waals surface area contributed by atoms with E-state index in [1.54, 1.807) is 36.7 Å². The van der Waals surface area contributed by atoms with E-state index in [2.05, 4.69) is 15.3 Å². The van der Waals surface area contributed by atoms with Crippen LogP contribution in [0.5, 0.6) is 0 Å². The Morgan fingerprint density at radius 2 is 1.92 bits per heavy atom. The van der Waals surface area contributed by atoms with Gasteiger partial charge in [-0.1, -0.05) is 12.1 Å². The minimum absolute atomic E-state index is 0.179. The molecule has 2 heterocycles. The second-order valence-corrected chi connectivity index (χ2v) is 6.39. The maximum absolute atomic E-state index is 12.2. The van der Waals surface area contributed by atoms with Crippen molar-refractivity contribution < 1.29 is 14.3 Å². The number of carbonyl (C=O) groups excluding carboxylic acids is 2.